The van der Waals surface area contributed by atoms with Gasteiger partial charge >= 0.3 is 0 Å². The SMILES string of the molecule is CNC(=O)c1oc2ccccc2c1CNC(=O)C1CCCC(C(N)=O)C1. The van der Waals surface area contributed by atoms with E-state index in [4.69, 9.17) is 10.2 Å². The molecule has 0 spiro atoms. The third-order valence-corrected chi connectivity index (χ3v) is 5.02. The van der Waals surface area contributed by atoms with Gasteiger partial charge in [-0.15, -0.1) is 0 Å². The first-order valence-electron chi connectivity index (χ1n) is 8.80. The predicted molar refractivity (Wildman–Crippen MR) is 96.1 cm³/mol. The molecule has 1 saturated carbocycles. The van der Waals surface area contributed by atoms with Crippen LogP contribution in [-0.4, -0.2) is 24.8 Å². The van der Waals surface area contributed by atoms with Crippen molar-refractivity contribution in [3.05, 3.63) is 35.6 Å². The molecule has 26 heavy (non-hydrogen) atoms. The van der Waals surface area contributed by atoms with Gasteiger partial charge in [0.25, 0.3) is 5.91 Å². The Morgan fingerprint density at radius 1 is 1.19 bits per heavy atom. The number of rotatable bonds is 5. The van der Waals surface area contributed by atoms with Crippen LogP contribution in [0.3, 0.4) is 0 Å². The maximum absolute atomic E-state index is 12.6. The van der Waals surface area contributed by atoms with Gasteiger partial charge in [-0.05, 0) is 25.3 Å². The molecule has 7 nitrogen and oxygen atoms in total. The number of primary amides is 1. The molecule has 2 unspecified atom stereocenters. The lowest BCUT2D eigenvalue weighted by atomic mass is 9.80. The van der Waals surface area contributed by atoms with Crippen molar-refractivity contribution < 1.29 is 18.8 Å². The van der Waals surface area contributed by atoms with Crippen LogP contribution in [0.2, 0.25) is 0 Å². The number of para-hydroxylation sites is 1. The molecule has 0 saturated heterocycles. The summed E-state index contributed by atoms with van der Waals surface area (Å²) in [5.41, 5.74) is 6.63. The van der Waals surface area contributed by atoms with E-state index in [1.807, 2.05) is 18.2 Å². The second-order valence-corrected chi connectivity index (χ2v) is 6.67. The zero-order valence-electron chi connectivity index (χ0n) is 14.7. The van der Waals surface area contributed by atoms with Gasteiger partial charge in [-0.25, -0.2) is 0 Å². The number of benzene rings is 1. The van der Waals surface area contributed by atoms with E-state index in [0.717, 1.165) is 24.6 Å². The van der Waals surface area contributed by atoms with Gasteiger partial charge < -0.3 is 20.8 Å². The molecule has 0 aliphatic heterocycles. The van der Waals surface area contributed by atoms with E-state index >= 15 is 0 Å². The second-order valence-electron chi connectivity index (χ2n) is 6.67. The highest BCUT2D eigenvalue weighted by Gasteiger charge is 2.30. The third-order valence-electron chi connectivity index (χ3n) is 5.02. The van der Waals surface area contributed by atoms with Crippen LogP contribution in [0, 0.1) is 11.8 Å². The van der Waals surface area contributed by atoms with E-state index in [-0.39, 0.29) is 41.9 Å². The number of carbonyl (C=O) groups excluding carboxylic acids is 3. The maximum Gasteiger partial charge on any atom is 0.287 e. The Hall–Kier alpha value is -2.83. The fraction of sp³-hybridized carbons (Fsp3) is 0.421. The second kappa shape index (κ2) is 7.59. The molecule has 4 N–H and O–H groups in total. The summed E-state index contributed by atoms with van der Waals surface area (Å²) in [6, 6.07) is 7.32. The van der Waals surface area contributed by atoms with Crippen molar-refractivity contribution in [3.63, 3.8) is 0 Å². The zero-order chi connectivity index (χ0) is 18.7. The van der Waals surface area contributed by atoms with Crippen molar-refractivity contribution in [2.75, 3.05) is 7.05 Å². The lowest BCUT2D eigenvalue weighted by Crippen LogP contribution is -2.37. The van der Waals surface area contributed by atoms with Crippen molar-refractivity contribution in [2.45, 2.75) is 32.2 Å². The highest BCUT2D eigenvalue weighted by Crippen LogP contribution is 2.30. The van der Waals surface area contributed by atoms with Crippen LogP contribution < -0.4 is 16.4 Å². The lowest BCUT2D eigenvalue weighted by molar-refractivity contribution is -0.128. The Balaban J connectivity index is 1.75. The molecule has 1 aromatic heterocycles. The van der Waals surface area contributed by atoms with Gasteiger partial charge in [0.1, 0.15) is 5.58 Å². The molecular formula is C19H23N3O4. The molecule has 1 aliphatic rings. The summed E-state index contributed by atoms with van der Waals surface area (Å²) in [7, 11) is 1.53. The molecule has 138 valence electrons. The third kappa shape index (κ3) is 3.56. The van der Waals surface area contributed by atoms with Gasteiger partial charge in [-0.1, -0.05) is 24.6 Å². The van der Waals surface area contributed by atoms with E-state index in [1.54, 1.807) is 6.07 Å². The van der Waals surface area contributed by atoms with E-state index in [2.05, 4.69) is 10.6 Å². The largest absolute Gasteiger partial charge is 0.451 e. The van der Waals surface area contributed by atoms with Crippen molar-refractivity contribution in [3.8, 4) is 0 Å². The number of amides is 3. The monoisotopic (exact) mass is 357 g/mol. The Kier molecular flexibility index (Phi) is 5.25. The van der Waals surface area contributed by atoms with Gasteiger partial charge in [0.15, 0.2) is 5.76 Å². The summed E-state index contributed by atoms with van der Waals surface area (Å²) in [5.74, 6) is -1.07. The van der Waals surface area contributed by atoms with Crippen molar-refractivity contribution in [1.82, 2.24) is 10.6 Å². The van der Waals surface area contributed by atoms with Crippen LogP contribution in [0.15, 0.2) is 28.7 Å². The van der Waals surface area contributed by atoms with Gasteiger partial charge in [0.2, 0.25) is 11.8 Å². The molecule has 1 fully saturated rings. The highest BCUT2D eigenvalue weighted by molar-refractivity contribution is 5.99. The average Bonchev–Trinajstić information content (AvgIpc) is 3.04. The van der Waals surface area contributed by atoms with Crippen LogP contribution >= 0.6 is 0 Å². The van der Waals surface area contributed by atoms with Crippen LogP contribution in [-0.2, 0) is 16.1 Å². The molecule has 0 radical (unpaired) electrons. The first-order valence-corrected chi connectivity index (χ1v) is 8.80. The Bertz CT molecular complexity index is 842. The summed E-state index contributed by atoms with van der Waals surface area (Å²) in [4.78, 5) is 36.1. The standard InChI is InChI=1S/C19H23N3O4/c1-21-19(25)16-14(13-7-2-3-8-15(13)26-16)10-22-18(24)12-6-4-5-11(9-12)17(20)23/h2-3,7-8,11-12H,4-6,9-10H2,1H3,(H2,20,23)(H,21,25)(H,22,24). The summed E-state index contributed by atoms with van der Waals surface area (Å²) < 4.78 is 5.65. The van der Waals surface area contributed by atoms with Crippen LogP contribution in [0.25, 0.3) is 11.0 Å². The number of hydrogen-bond donors (Lipinski definition) is 3. The molecule has 2 atom stereocenters. The average molecular weight is 357 g/mol. The molecule has 3 rings (SSSR count). The van der Waals surface area contributed by atoms with Gasteiger partial charge in [0.05, 0.1) is 0 Å². The number of hydrogen-bond acceptors (Lipinski definition) is 4. The Morgan fingerprint density at radius 3 is 2.65 bits per heavy atom. The fourth-order valence-corrected chi connectivity index (χ4v) is 3.58. The van der Waals surface area contributed by atoms with Gasteiger partial charge in [0, 0.05) is 36.4 Å². The number of nitrogens with two attached hydrogens (primary N) is 1. The summed E-state index contributed by atoms with van der Waals surface area (Å²) in [5, 5.41) is 6.25. The first kappa shape index (κ1) is 18.0. The normalized spacial score (nSPS) is 19.9. The Labute approximate surface area is 151 Å². The minimum atomic E-state index is -0.342. The van der Waals surface area contributed by atoms with Gasteiger partial charge in [-0.3, -0.25) is 14.4 Å². The van der Waals surface area contributed by atoms with E-state index in [1.165, 1.54) is 7.05 Å². The number of fused-ring (bicyclic) bond motifs is 1. The molecule has 0 bridgehead atoms. The summed E-state index contributed by atoms with van der Waals surface area (Å²) in [6.45, 7) is 0.191. The molecule has 3 amide bonds. The van der Waals surface area contributed by atoms with Gasteiger partial charge in [-0.2, -0.15) is 0 Å². The van der Waals surface area contributed by atoms with E-state index < -0.39 is 0 Å². The number of carbonyl (C=O) groups is 3. The molecule has 7 heteroatoms. The van der Waals surface area contributed by atoms with E-state index in [9.17, 15) is 14.4 Å². The zero-order valence-corrected chi connectivity index (χ0v) is 14.7. The minimum absolute atomic E-state index is 0.121. The molecular weight excluding hydrogens is 334 g/mol. The topological polar surface area (TPSA) is 114 Å². The highest BCUT2D eigenvalue weighted by atomic mass is 16.3. The lowest BCUT2D eigenvalue weighted by Gasteiger charge is -2.26. The minimum Gasteiger partial charge on any atom is -0.451 e. The summed E-state index contributed by atoms with van der Waals surface area (Å²) >= 11 is 0. The number of furan rings is 1. The van der Waals surface area contributed by atoms with Crippen molar-refractivity contribution in [2.24, 2.45) is 17.6 Å². The van der Waals surface area contributed by atoms with Crippen molar-refractivity contribution >= 4 is 28.7 Å². The van der Waals surface area contributed by atoms with Crippen molar-refractivity contribution in [1.29, 1.82) is 0 Å². The maximum atomic E-state index is 12.6. The Morgan fingerprint density at radius 2 is 1.92 bits per heavy atom. The predicted octanol–water partition coefficient (Wildman–Crippen LogP) is 1.70. The summed E-state index contributed by atoms with van der Waals surface area (Å²) in [6.07, 6.45) is 2.77. The van der Waals surface area contributed by atoms with Crippen LogP contribution in [0.1, 0.15) is 41.8 Å². The molecule has 2 aromatic rings. The molecule has 1 heterocycles. The fourth-order valence-electron chi connectivity index (χ4n) is 3.58. The molecule has 1 aliphatic carbocycles. The number of nitrogens with one attached hydrogen (secondary N) is 2. The molecule has 1 aromatic carbocycles. The van der Waals surface area contributed by atoms with Crippen LogP contribution in [0.5, 0.6) is 0 Å². The smallest absolute Gasteiger partial charge is 0.287 e. The first-order chi connectivity index (χ1) is 12.5. The quantitative estimate of drug-likeness (QED) is 0.755. The van der Waals surface area contributed by atoms with Crippen LogP contribution in [0.4, 0.5) is 0 Å². The van der Waals surface area contributed by atoms with E-state index in [0.29, 0.717) is 17.6 Å².